The Morgan fingerprint density at radius 2 is 1.78 bits per heavy atom. The summed E-state index contributed by atoms with van der Waals surface area (Å²) in [7, 11) is 6.22. The van der Waals surface area contributed by atoms with E-state index in [1.54, 1.807) is 7.11 Å². The van der Waals surface area contributed by atoms with Gasteiger partial charge in [0, 0.05) is 90.9 Å². The average molecular weight is 1060 g/mol. The number of carbonyl (C=O) groups excluding carboxylic acids is 3. The molecule has 7 aliphatic rings. The fraction of sp³-hybridized carbons (Fsp3) is 0.527. The Morgan fingerprint density at radius 3 is 2.47 bits per heavy atom. The molecule has 9 heterocycles. The molecule has 1 unspecified atom stereocenters. The molecule has 1 aliphatic carbocycles. The summed E-state index contributed by atoms with van der Waals surface area (Å²) in [5.41, 5.74) is 6.76. The van der Waals surface area contributed by atoms with Crippen molar-refractivity contribution in [1.82, 2.24) is 34.3 Å². The van der Waals surface area contributed by atoms with Gasteiger partial charge in [-0.2, -0.15) is 14.4 Å². The van der Waals surface area contributed by atoms with Crippen molar-refractivity contribution in [2.75, 3.05) is 71.8 Å². The van der Waals surface area contributed by atoms with E-state index in [9.17, 15) is 29.3 Å². The second-order valence-electron chi connectivity index (χ2n) is 21.6. The van der Waals surface area contributed by atoms with E-state index in [4.69, 9.17) is 34.5 Å². The number of likely N-dealkylation sites (N-methyl/N-ethyl adjacent to an activating group) is 1. The van der Waals surface area contributed by atoms with Gasteiger partial charge in [0.1, 0.15) is 29.5 Å². The van der Waals surface area contributed by atoms with Gasteiger partial charge in [0.15, 0.2) is 29.3 Å². The monoisotopic (exact) mass is 1060 g/mol. The van der Waals surface area contributed by atoms with Crippen LogP contribution in [0, 0.1) is 17.4 Å². The highest BCUT2D eigenvalue weighted by atomic mass is 19.1. The number of fused-ring (bicyclic) bond motifs is 7. The first kappa shape index (κ1) is 52.5. The molecule has 3 aromatic heterocycles. The molecule has 410 valence electrons. The van der Waals surface area contributed by atoms with Crippen LogP contribution in [0.3, 0.4) is 0 Å². The Labute approximate surface area is 443 Å². The van der Waals surface area contributed by atoms with Crippen LogP contribution in [0.15, 0.2) is 66.5 Å². The number of carbonyl (C=O) groups is 3. The number of rotatable bonds is 9. The molecule has 3 fully saturated rings. The number of methoxy groups -OCH3 is 3. The van der Waals surface area contributed by atoms with Crippen LogP contribution >= 0.6 is 0 Å². The second-order valence-corrected chi connectivity index (χ2v) is 21.6. The van der Waals surface area contributed by atoms with Crippen LogP contribution in [0.25, 0.3) is 22.1 Å². The van der Waals surface area contributed by atoms with Crippen molar-refractivity contribution in [2.45, 2.75) is 112 Å². The number of benzene rings is 2. The first-order chi connectivity index (χ1) is 36.9. The van der Waals surface area contributed by atoms with E-state index in [1.807, 2.05) is 37.1 Å². The first-order valence-corrected chi connectivity index (χ1v) is 26.2. The highest BCUT2D eigenvalue weighted by Gasteiger charge is 2.80. The van der Waals surface area contributed by atoms with Gasteiger partial charge in [0.05, 0.1) is 40.3 Å². The number of nitrogens with zero attached hydrogens (tertiary/aromatic N) is 7. The number of para-hydroxylation sites is 1. The van der Waals surface area contributed by atoms with Gasteiger partial charge in [-0.05, 0) is 61.4 Å². The topological polar surface area (TPSA) is 273 Å². The zero-order valence-corrected chi connectivity index (χ0v) is 44.1. The Bertz CT molecular complexity index is 3260. The summed E-state index contributed by atoms with van der Waals surface area (Å²) in [6.07, 6.45) is 3.29. The molecule has 0 amide bonds. The molecule has 1 spiro atoms. The van der Waals surface area contributed by atoms with Crippen LogP contribution in [0.5, 0.6) is 5.75 Å². The van der Waals surface area contributed by atoms with E-state index in [-0.39, 0.29) is 34.9 Å². The quantitative estimate of drug-likeness (QED) is 0.0536. The van der Waals surface area contributed by atoms with E-state index >= 15 is 4.79 Å². The number of ether oxygens (including phenoxy) is 5. The molecule has 6 aliphatic heterocycles. The number of aliphatic hydroxyl groups is 4. The zero-order valence-electron chi connectivity index (χ0n) is 44.1. The predicted molar refractivity (Wildman–Crippen MR) is 277 cm³/mol. The average Bonchev–Trinajstić information content (AvgIpc) is 4.29. The minimum atomic E-state index is -2.27. The third kappa shape index (κ3) is 7.42. The fourth-order valence-electron chi connectivity index (χ4n) is 15.1. The van der Waals surface area contributed by atoms with Gasteiger partial charge >= 0.3 is 24.0 Å². The fourth-order valence-corrected chi connectivity index (χ4v) is 15.1. The number of nitrogens with two attached hydrogens (primary N) is 1. The normalized spacial score (nSPS) is 33.7. The lowest BCUT2D eigenvalue weighted by molar-refractivity contribution is -0.228. The molecule has 1 saturated carbocycles. The van der Waals surface area contributed by atoms with Crippen LogP contribution in [-0.2, 0) is 50.7 Å². The second kappa shape index (κ2) is 19.1. The molecule has 77 heavy (non-hydrogen) atoms. The predicted octanol–water partition coefficient (Wildman–Crippen LogP) is 2.91. The number of anilines is 2. The van der Waals surface area contributed by atoms with Gasteiger partial charge in [-0.25, -0.2) is 9.78 Å². The number of H-pyrrole nitrogens is 1. The third-order valence-electron chi connectivity index (χ3n) is 18.0. The molecule has 2 saturated heterocycles. The lowest BCUT2D eigenvalue weighted by atomic mass is 9.47. The lowest BCUT2D eigenvalue weighted by Gasteiger charge is -2.63. The maximum Gasteiger partial charge on any atom is 0.344 e. The molecule has 2 bridgehead atoms. The van der Waals surface area contributed by atoms with E-state index in [0.29, 0.717) is 50.2 Å². The van der Waals surface area contributed by atoms with E-state index in [2.05, 4.69) is 73.1 Å². The molecule has 2 aromatic carbocycles. The number of aliphatic hydroxyl groups excluding tert-OH is 3. The van der Waals surface area contributed by atoms with Gasteiger partial charge in [-0.3, -0.25) is 24.0 Å². The van der Waals surface area contributed by atoms with Crippen molar-refractivity contribution >= 4 is 51.5 Å². The number of aromatic amines is 1. The van der Waals surface area contributed by atoms with Crippen molar-refractivity contribution in [3.05, 3.63) is 95.0 Å². The maximum absolute atomic E-state index is 15.2. The minimum Gasteiger partial charge on any atom is -0.496 e. The summed E-state index contributed by atoms with van der Waals surface area (Å²) in [4.78, 5) is 63.9. The van der Waals surface area contributed by atoms with Crippen molar-refractivity contribution < 1.29 is 62.9 Å². The zero-order chi connectivity index (χ0) is 54.7. The van der Waals surface area contributed by atoms with Gasteiger partial charge in [-0.15, -0.1) is 0 Å². The number of halogens is 1. The summed E-state index contributed by atoms with van der Waals surface area (Å²) in [6.45, 7) is 8.73. The molecular weight excluding hydrogens is 998 g/mol. The van der Waals surface area contributed by atoms with Gasteiger partial charge in [0.25, 0.3) is 0 Å². The molecule has 21 nitrogen and oxygen atoms in total. The lowest BCUT2D eigenvalue weighted by Crippen LogP contribution is -2.81. The van der Waals surface area contributed by atoms with Crippen molar-refractivity contribution in [3.63, 3.8) is 0 Å². The van der Waals surface area contributed by atoms with E-state index < -0.39 is 83.2 Å². The van der Waals surface area contributed by atoms with Gasteiger partial charge < -0.3 is 59.7 Å². The number of nitrogens with one attached hydrogen (secondary N) is 1. The first-order valence-electron chi connectivity index (χ1n) is 26.2. The summed E-state index contributed by atoms with van der Waals surface area (Å²) in [5, 5.41) is 43.0. The molecule has 22 heteroatoms. The number of nitrogen functional groups attached to an aromatic ring is 1. The van der Waals surface area contributed by atoms with Crippen LogP contribution < -0.4 is 15.4 Å². The largest absolute Gasteiger partial charge is 0.496 e. The Balaban J connectivity index is 0.000000264. The van der Waals surface area contributed by atoms with Gasteiger partial charge in [-0.1, -0.05) is 55.8 Å². The minimum absolute atomic E-state index is 0.0284. The number of imidazole rings is 1. The van der Waals surface area contributed by atoms with Gasteiger partial charge in [0.2, 0.25) is 5.60 Å². The molecule has 0 radical (unpaired) electrons. The van der Waals surface area contributed by atoms with E-state index in [0.717, 1.165) is 52.9 Å². The SMILES string of the molecule is CCC1=C[C@@H]2CN(C1)Cc1c([nH]c3ccccc13)[C@@](C(=O)OC)(c1cc3c(cc1OC)N(C)[C@H]1[C@@](O)(C(=O)OC)[C@H](OC(C)=O)[C@]4(CC)C=CCN5CC[C@]31[C@@H]54)C2.Nc1nc(F)nc2c1ncn2[C@@H]1O[C@H](CO)[C@@H](O)[C@@H]1O. The van der Waals surface area contributed by atoms with Crippen molar-refractivity contribution in [2.24, 2.45) is 11.3 Å². The highest BCUT2D eigenvalue weighted by molar-refractivity contribution is 5.95. The van der Waals surface area contributed by atoms with Crippen LogP contribution in [-0.4, -0.2) is 176 Å². The summed E-state index contributed by atoms with van der Waals surface area (Å²) in [5.74, 6) is -1.45. The Hall–Kier alpha value is -6.53. The highest BCUT2D eigenvalue weighted by Crippen LogP contribution is 2.68. The maximum atomic E-state index is 15.2. The standard InChI is InChI=1S/C45H54N4O8.C10H12FN5O4/c1-8-27-19-28-22-44(40(51)55-6,36-30(25-48(23-27)24-28)29-13-10-11-14-33(29)46-36)32-20-31-34(21-35(32)54-5)47(4)38-43(31)16-18-49-17-12-15-42(9-2,37(43)49)39(57-26(3)50)45(38,53)41(52)56-7;11-10-14-7(12)4-8(15-10)16(2-13-4)9-6(19)5(18)3(1-17)20-9/h10-15,19-21,28,37-39,46,53H,8-9,16-18,22-25H2,1-7H3;2-3,5-6,9,17-19H,1H2,(H2,12,14,15)/t28-,37-,38+,39+,42+,43+,44-,45-;3-,5-,6+,9-/m01/s1. The molecule has 13 atom stereocenters. The molecule has 12 rings (SSSR count). The molecule has 5 aromatic rings. The summed E-state index contributed by atoms with van der Waals surface area (Å²) < 4.78 is 43.7. The Kier molecular flexibility index (Phi) is 13.1. The summed E-state index contributed by atoms with van der Waals surface area (Å²) in [6, 6.07) is 11.2. The van der Waals surface area contributed by atoms with Crippen LogP contribution in [0.1, 0.15) is 75.1 Å². The number of aromatic nitrogens is 5. The van der Waals surface area contributed by atoms with Crippen molar-refractivity contribution in [1.29, 1.82) is 0 Å². The summed E-state index contributed by atoms with van der Waals surface area (Å²) >= 11 is 0. The molecular formula is C55H66FN9O12. The smallest absolute Gasteiger partial charge is 0.344 e. The number of esters is 3. The van der Waals surface area contributed by atoms with Crippen molar-refractivity contribution in [3.8, 4) is 5.75 Å². The van der Waals surface area contributed by atoms with Crippen LogP contribution in [0.4, 0.5) is 15.9 Å². The van der Waals surface area contributed by atoms with Crippen LogP contribution in [0.2, 0.25) is 0 Å². The third-order valence-corrected chi connectivity index (χ3v) is 18.0. The van der Waals surface area contributed by atoms with E-state index in [1.165, 1.54) is 37.6 Å². The number of hydrogen-bond acceptors (Lipinski definition) is 19. The Morgan fingerprint density at radius 1 is 1.01 bits per heavy atom. The molecule has 7 N–H and O–H groups in total. The number of hydrogen-bond donors (Lipinski definition) is 6.